The molecule has 0 spiro atoms. The number of aliphatic hydroxyl groups is 1. The second-order valence-corrected chi connectivity index (χ2v) is 4.56. The predicted octanol–water partition coefficient (Wildman–Crippen LogP) is 0.180. The largest absolute Gasteiger partial charge is 0.396 e. The van der Waals surface area contributed by atoms with Crippen LogP contribution in [0.5, 0.6) is 0 Å². The summed E-state index contributed by atoms with van der Waals surface area (Å²) in [7, 11) is 0. The van der Waals surface area contributed by atoms with Gasteiger partial charge in [-0.15, -0.1) is 0 Å². The van der Waals surface area contributed by atoms with Crippen LogP contribution in [0.15, 0.2) is 0 Å². The third kappa shape index (κ3) is 2.03. The van der Waals surface area contributed by atoms with Crippen LogP contribution < -0.4 is 5.73 Å². The highest BCUT2D eigenvalue weighted by atomic mass is 16.3. The molecule has 0 radical (unpaired) electrons. The van der Waals surface area contributed by atoms with Crippen molar-refractivity contribution in [3.63, 3.8) is 0 Å². The van der Waals surface area contributed by atoms with Gasteiger partial charge in [0.05, 0.1) is 0 Å². The third-order valence-corrected chi connectivity index (χ3v) is 3.54. The highest BCUT2D eigenvalue weighted by molar-refractivity contribution is 4.88. The molecule has 2 rings (SSSR count). The first-order chi connectivity index (χ1) is 6.29. The Morgan fingerprint density at radius 2 is 2.15 bits per heavy atom. The highest BCUT2D eigenvalue weighted by Gasteiger charge is 2.31. The van der Waals surface area contributed by atoms with Gasteiger partial charge in [0.1, 0.15) is 0 Å². The van der Waals surface area contributed by atoms with Crippen LogP contribution in [0, 0.1) is 5.92 Å². The van der Waals surface area contributed by atoms with Gasteiger partial charge < -0.3 is 10.8 Å². The standard InChI is InChI=1S/C10H20N2O/c11-9-1-2-10(5-9)12-4-3-8(6-12)7-13/h8-10,13H,1-7,11H2. The molecule has 1 saturated heterocycles. The average Bonchev–Trinajstić information content (AvgIpc) is 2.71. The van der Waals surface area contributed by atoms with Crippen molar-refractivity contribution in [2.24, 2.45) is 11.7 Å². The van der Waals surface area contributed by atoms with E-state index < -0.39 is 0 Å². The Morgan fingerprint density at radius 3 is 2.69 bits per heavy atom. The Morgan fingerprint density at radius 1 is 1.31 bits per heavy atom. The van der Waals surface area contributed by atoms with Gasteiger partial charge in [0.2, 0.25) is 0 Å². The first kappa shape index (κ1) is 9.44. The number of nitrogens with two attached hydrogens (primary N) is 1. The van der Waals surface area contributed by atoms with Crippen molar-refractivity contribution >= 4 is 0 Å². The molecule has 0 aromatic carbocycles. The summed E-state index contributed by atoms with van der Waals surface area (Å²) in [5.74, 6) is 0.525. The number of aliphatic hydroxyl groups excluding tert-OH is 1. The SMILES string of the molecule is NC1CCC(N2CCC(CO)C2)C1. The quantitative estimate of drug-likeness (QED) is 0.643. The second kappa shape index (κ2) is 3.95. The van der Waals surface area contributed by atoms with Crippen molar-refractivity contribution in [2.75, 3.05) is 19.7 Å². The van der Waals surface area contributed by atoms with Crippen molar-refractivity contribution in [2.45, 2.75) is 37.8 Å². The molecule has 2 fully saturated rings. The molecule has 3 nitrogen and oxygen atoms in total. The van der Waals surface area contributed by atoms with E-state index in [1.165, 1.54) is 25.8 Å². The van der Waals surface area contributed by atoms with Crippen molar-refractivity contribution in [1.82, 2.24) is 4.90 Å². The summed E-state index contributed by atoms with van der Waals surface area (Å²) in [5.41, 5.74) is 5.88. The van der Waals surface area contributed by atoms with Gasteiger partial charge in [-0.05, 0) is 38.1 Å². The van der Waals surface area contributed by atoms with Crippen LogP contribution in [0.25, 0.3) is 0 Å². The molecule has 3 atom stereocenters. The van der Waals surface area contributed by atoms with E-state index in [4.69, 9.17) is 10.8 Å². The lowest BCUT2D eigenvalue weighted by atomic mass is 10.1. The van der Waals surface area contributed by atoms with E-state index in [0.29, 0.717) is 24.6 Å². The minimum Gasteiger partial charge on any atom is -0.396 e. The Kier molecular flexibility index (Phi) is 2.86. The summed E-state index contributed by atoms with van der Waals surface area (Å²) in [5, 5.41) is 9.03. The van der Waals surface area contributed by atoms with Crippen molar-refractivity contribution in [1.29, 1.82) is 0 Å². The normalized spacial score (nSPS) is 41.5. The molecule has 1 aliphatic heterocycles. The van der Waals surface area contributed by atoms with E-state index in [9.17, 15) is 0 Å². The average molecular weight is 184 g/mol. The maximum atomic E-state index is 9.03. The van der Waals surface area contributed by atoms with Crippen LogP contribution in [0.1, 0.15) is 25.7 Å². The van der Waals surface area contributed by atoms with E-state index in [1.54, 1.807) is 0 Å². The second-order valence-electron chi connectivity index (χ2n) is 4.56. The summed E-state index contributed by atoms with van der Waals surface area (Å²) in [4.78, 5) is 2.52. The maximum Gasteiger partial charge on any atom is 0.0471 e. The van der Waals surface area contributed by atoms with Gasteiger partial charge in [-0.3, -0.25) is 4.90 Å². The topological polar surface area (TPSA) is 49.5 Å². The summed E-state index contributed by atoms with van der Waals surface area (Å²) in [6, 6.07) is 1.14. The molecule has 2 aliphatic rings. The molecule has 3 N–H and O–H groups in total. The molecule has 3 heteroatoms. The number of hydrogen-bond donors (Lipinski definition) is 2. The minimum absolute atomic E-state index is 0.356. The molecule has 1 heterocycles. The van der Waals surface area contributed by atoms with E-state index in [0.717, 1.165) is 13.0 Å². The van der Waals surface area contributed by atoms with Gasteiger partial charge >= 0.3 is 0 Å². The van der Waals surface area contributed by atoms with Crippen LogP contribution >= 0.6 is 0 Å². The molecule has 0 aromatic rings. The molecule has 13 heavy (non-hydrogen) atoms. The first-order valence-electron chi connectivity index (χ1n) is 5.40. The molecule has 76 valence electrons. The monoisotopic (exact) mass is 184 g/mol. The molecule has 0 amide bonds. The van der Waals surface area contributed by atoms with E-state index in [1.807, 2.05) is 0 Å². The number of likely N-dealkylation sites (tertiary alicyclic amines) is 1. The van der Waals surface area contributed by atoms with Crippen LogP contribution in [-0.2, 0) is 0 Å². The van der Waals surface area contributed by atoms with Crippen LogP contribution in [0.2, 0.25) is 0 Å². The van der Waals surface area contributed by atoms with Crippen molar-refractivity contribution < 1.29 is 5.11 Å². The zero-order valence-corrected chi connectivity index (χ0v) is 8.15. The number of nitrogens with zero attached hydrogens (tertiary/aromatic N) is 1. The fourth-order valence-corrected chi connectivity index (χ4v) is 2.67. The molecular formula is C10H20N2O. The molecular weight excluding hydrogens is 164 g/mol. The minimum atomic E-state index is 0.356. The lowest BCUT2D eigenvalue weighted by Gasteiger charge is -2.23. The molecule has 1 saturated carbocycles. The lowest BCUT2D eigenvalue weighted by molar-refractivity contribution is 0.198. The fourth-order valence-electron chi connectivity index (χ4n) is 2.67. The number of rotatable bonds is 2. The Labute approximate surface area is 79.9 Å². The summed E-state index contributed by atoms with van der Waals surface area (Å²) in [6.07, 6.45) is 4.78. The summed E-state index contributed by atoms with van der Waals surface area (Å²) in [6.45, 7) is 2.62. The summed E-state index contributed by atoms with van der Waals surface area (Å²) < 4.78 is 0. The van der Waals surface area contributed by atoms with Gasteiger partial charge in [0, 0.05) is 25.2 Å². The number of hydrogen-bond acceptors (Lipinski definition) is 3. The zero-order chi connectivity index (χ0) is 9.26. The fraction of sp³-hybridized carbons (Fsp3) is 1.00. The van der Waals surface area contributed by atoms with Crippen LogP contribution in [0.3, 0.4) is 0 Å². The van der Waals surface area contributed by atoms with E-state index in [-0.39, 0.29) is 0 Å². The Bertz CT molecular complexity index is 174. The Balaban J connectivity index is 1.82. The van der Waals surface area contributed by atoms with E-state index in [2.05, 4.69) is 4.90 Å². The van der Waals surface area contributed by atoms with Gasteiger partial charge in [-0.25, -0.2) is 0 Å². The van der Waals surface area contributed by atoms with Crippen LogP contribution in [-0.4, -0.2) is 41.8 Å². The maximum absolute atomic E-state index is 9.03. The van der Waals surface area contributed by atoms with Crippen LogP contribution in [0.4, 0.5) is 0 Å². The van der Waals surface area contributed by atoms with Gasteiger partial charge in [0.15, 0.2) is 0 Å². The molecule has 1 aliphatic carbocycles. The van der Waals surface area contributed by atoms with Gasteiger partial charge in [0.25, 0.3) is 0 Å². The summed E-state index contributed by atoms with van der Waals surface area (Å²) >= 11 is 0. The first-order valence-corrected chi connectivity index (χ1v) is 5.40. The van der Waals surface area contributed by atoms with Crippen molar-refractivity contribution in [3.8, 4) is 0 Å². The smallest absolute Gasteiger partial charge is 0.0471 e. The van der Waals surface area contributed by atoms with Crippen molar-refractivity contribution in [3.05, 3.63) is 0 Å². The van der Waals surface area contributed by atoms with Gasteiger partial charge in [-0.1, -0.05) is 0 Å². The molecule has 0 aromatic heterocycles. The third-order valence-electron chi connectivity index (χ3n) is 3.54. The van der Waals surface area contributed by atoms with Gasteiger partial charge in [-0.2, -0.15) is 0 Å². The Hall–Kier alpha value is -0.120. The predicted molar refractivity (Wildman–Crippen MR) is 52.4 cm³/mol. The zero-order valence-electron chi connectivity index (χ0n) is 8.15. The highest BCUT2D eigenvalue weighted by Crippen LogP contribution is 2.27. The van der Waals surface area contributed by atoms with E-state index >= 15 is 0 Å². The molecule has 0 bridgehead atoms. The molecule has 3 unspecified atom stereocenters. The lowest BCUT2D eigenvalue weighted by Crippen LogP contribution is -2.32.